The molecule has 7 heteroatoms. The summed E-state index contributed by atoms with van der Waals surface area (Å²) in [6, 6.07) is 2.19. The van der Waals surface area contributed by atoms with Gasteiger partial charge < -0.3 is 15.5 Å². The van der Waals surface area contributed by atoms with Crippen molar-refractivity contribution >= 4 is 33.3 Å². The Hall–Kier alpha value is -1.73. The van der Waals surface area contributed by atoms with Crippen molar-refractivity contribution in [2.75, 3.05) is 24.5 Å². The number of anilines is 1. The predicted molar refractivity (Wildman–Crippen MR) is 91.8 cm³/mol. The minimum Gasteiger partial charge on any atom is -0.350 e. The van der Waals surface area contributed by atoms with Gasteiger partial charge in [0.1, 0.15) is 23.0 Å². The standard InChI is InChI=1S/C16H21N5OS/c22-15(20-11-3-1-6-17-9-11)13-4-2-7-21(13)14-12-5-8-23-16(12)19-10-18-14/h5,8,10-11,13,17H,1-4,6-7,9H2,(H,20,22)/t11-,13?/m0/s1. The zero-order chi connectivity index (χ0) is 15.6. The lowest BCUT2D eigenvalue weighted by atomic mass is 10.1. The number of nitrogens with one attached hydrogen (secondary N) is 2. The molecule has 4 rings (SSSR count). The van der Waals surface area contributed by atoms with E-state index >= 15 is 0 Å². The molecule has 2 atom stereocenters. The molecule has 0 aliphatic carbocycles. The normalized spacial score (nSPS) is 25.0. The zero-order valence-corrected chi connectivity index (χ0v) is 13.8. The number of rotatable bonds is 3. The van der Waals surface area contributed by atoms with Gasteiger partial charge in [-0.1, -0.05) is 0 Å². The number of hydrogen-bond acceptors (Lipinski definition) is 6. The van der Waals surface area contributed by atoms with E-state index in [1.165, 1.54) is 0 Å². The van der Waals surface area contributed by atoms with Crippen molar-refractivity contribution < 1.29 is 4.79 Å². The molecule has 0 spiro atoms. The van der Waals surface area contributed by atoms with Crippen LogP contribution >= 0.6 is 11.3 Å². The second kappa shape index (κ2) is 6.41. The van der Waals surface area contributed by atoms with E-state index < -0.39 is 0 Å². The maximum atomic E-state index is 12.8. The molecule has 1 amide bonds. The van der Waals surface area contributed by atoms with Gasteiger partial charge in [-0.15, -0.1) is 11.3 Å². The highest BCUT2D eigenvalue weighted by Gasteiger charge is 2.33. The van der Waals surface area contributed by atoms with E-state index in [9.17, 15) is 4.79 Å². The molecule has 6 nitrogen and oxygen atoms in total. The molecule has 0 radical (unpaired) electrons. The Morgan fingerprint density at radius 2 is 2.30 bits per heavy atom. The van der Waals surface area contributed by atoms with Crippen molar-refractivity contribution in [2.24, 2.45) is 0 Å². The maximum Gasteiger partial charge on any atom is 0.243 e. The van der Waals surface area contributed by atoms with Gasteiger partial charge in [0.05, 0.1) is 5.39 Å². The van der Waals surface area contributed by atoms with Crippen molar-refractivity contribution in [1.29, 1.82) is 0 Å². The molecular weight excluding hydrogens is 310 g/mol. The minimum absolute atomic E-state index is 0.116. The van der Waals surface area contributed by atoms with Crippen LogP contribution in [-0.2, 0) is 4.79 Å². The molecule has 2 saturated heterocycles. The van der Waals surface area contributed by atoms with Crippen molar-refractivity contribution in [2.45, 2.75) is 37.8 Å². The van der Waals surface area contributed by atoms with Crippen LogP contribution in [0.25, 0.3) is 10.2 Å². The van der Waals surface area contributed by atoms with E-state index in [4.69, 9.17) is 0 Å². The molecule has 2 N–H and O–H groups in total. The Morgan fingerprint density at radius 3 is 3.17 bits per heavy atom. The number of fused-ring (bicyclic) bond motifs is 1. The van der Waals surface area contributed by atoms with Gasteiger partial charge in [-0.05, 0) is 43.7 Å². The highest BCUT2D eigenvalue weighted by atomic mass is 32.1. The van der Waals surface area contributed by atoms with Crippen LogP contribution < -0.4 is 15.5 Å². The Morgan fingerprint density at radius 1 is 1.35 bits per heavy atom. The first kappa shape index (κ1) is 14.8. The summed E-state index contributed by atoms with van der Waals surface area (Å²) in [5.41, 5.74) is 0. The van der Waals surface area contributed by atoms with Crippen LogP contribution in [-0.4, -0.2) is 47.6 Å². The van der Waals surface area contributed by atoms with Gasteiger partial charge in [-0.25, -0.2) is 9.97 Å². The number of carbonyl (C=O) groups is 1. The summed E-state index contributed by atoms with van der Waals surface area (Å²) >= 11 is 1.61. The van der Waals surface area contributed by atoms with Gasteiger partial charge in [-0.3, -0.25) is 4.79 Å². The van der Waals surface area contributed by atoms with E-state index in [0.717, 1.165) is 61.4 Å². The molecule has 2 fully saturated rings. The van der Waals surface area contributed by atoms with Crippen LogP contribution in [0.3, 0.4) is 0 Å². The molecule has 0 aromatic carbocycles. The van der Waals surface area contributed by atoms with Crippen molar-refractivity contribution in [3.8, 4) is 0 Å². The molecule has 4 heterocycles. The first-order chi connectivity index (χ1) is 11.3. The topological polar surface area (TPSA) is 70.2 Å². The van der Waals surface area contributed by atoms with Gasteiger partial charge in [0, 0.05) is 19.1 Å². The third kappa shape index (κ3) is 2.90. The Kier molecular flexibility index (Phi) is 4.13. The lowest BCUT2D eigenvalue weighted by Gasteiger charge is -2.29. The average Bonchev–Trinajstić information content (AvgIpc) is 3.24. The summed E-state index contributed by atoms with van der Waals surface area (Å²) in [5.74, 6) is 1.04. The number of nitrogens with zero attached hydrogens (tertiary/aromatic N) is 3. The van der Waals surface area contributed by atoms with Gasteiger partial charge >= 0.3 is 0 Å². The Labute approximate surface area is 139 Å². The summed E-state index contributed by atoms with van der Waals surface area (Å²) in [5, 5.41) is 9.65. The van der Waals surface area contributed by atoms with Crippen molar-refractivity contribution in [3.63, 3.8) is 0 Å². The van der Waals surface area contributed by atoms with Gasteiger partial charge in [0.15, 0.2) is 0 Å². The fourth-order valence-electron chi connectivity index (χ4n) is 3.57. The lowest BCUT2D eigenvalue weighted by Crippen LogP contribution is -2.51. The molecule has 23 heavy (non-hydrogen) atoms. The zero-order valence-electron chi connectivity index (χ0n) is 13.0. The quantitative estimate of drug-likeness (QED) is 0.892. The van der Waals surface area contributed by atoms with E-state index in [0.29, 0.717) is 0 Å². The molecule has 0 saturated carbocycles. The van der Waals surface area contributed by atoms with E-state index in [1.54, 1.807) is 17.7 Å². The first-order valence-electron chi connectivity index (χ1n) is 8.29. The third-order valence-electron chi connectivity index (χ3n) is 4.71. The number of hydrogen-bond donors (Lipinski definition) is 2. The van der Waals surface area contributed by atoms with Crippen LogP contribution in [0.4, 0.5) is 5.82 Å². The summed E-state index contributed by atoms with van der Waals surface area (Å²) in [6.07, 6.45) is 5.71. The highest BCUT2D eigenvalue weighted by Crippen LogP contribution is 2.31. The molecule has 0 bridgehead atoms. The molecule has 2 aromatic rings. The smallest absolute Gasteiger partial charge is 0.243 e. The van der Waals surface area contributed by atoms with Crippen molar-refractivity contribution in [1.82, 2.24) is 20.6 Å². The molecule has 122 valence electrons. The summed E-state index contributed by atoms with van der Waals surface area (Å²) < 4.78 is 0. The minimum atomic E-state index is -0.116. The summed E-state index contributed by atoms with van der Waals surface area (Å²) in [7, 11) is 0. The van der Waals surface area contributed by atoms with Gasteiger partial charge in [0.25, 0.3) is 0 Å². The van der Waals surface area contributed by atoms with E-state index in [-0.39, 0.29) is 18.0 Å². The van der Waals surface area contributed by atoms with Crippen LogP contribution in [0.1, 0.15) is 25.7 Å². The maximum absolute atomic E-state index is 12.8. The Balaban J connectivity index is 1.54. The van der Waals surface area contributed by atoms with Gasteiger partial charge in [0.2, 0.25) is 5.91 Å². The first-order valence-corrected chi connectivity index (χ1v) is 9.17. The molecule has 2 aliphatic rings. The highest BCUT2D eigenvalue weighted by molar-refractivity contribution is 7.16. The number of thiophene rings is 1. The monoisotopic (exact) mass is 331 g/mol. The third-order valence-corrected chi connectivity index (χ3v) is 5.53. The second-order valence-electron chi connectivity index (χ2n) is 6.24. The fraction of sp³-hybridized carbons (Fsp3) is 0.562. The number of amides is 1. The van der Waals surface area contributed by atoms with E-state index in [1.807, 2.05) is 11.4 Å². The molecule has 1 unspecified atom stereocenters. The average molecular weight is 331 g/mol. The summed E-state index contributed by atoms with van der Waals surface area (Å²) in [6.45, 7) is 2.81. The predicted octanol–water partition coefficient (Wildman–Crippen LogP) is 1.53. The van der Waals surface area contributed by atoms with Crippen LogP contribution in [0.5, 0.6) is 0 Å². The molecular formula is C16H21N5OS. The second-order valence-corrected chi connectivity index (χ2v) is 7.13. The molecule has 2 aliphatic heterocycles. The number of piperidine rings is 1. The van der Waals surface area contributed by atoms with Crippen molar-refractivity contribution in [3.05, 3.63) is 17.8 Å². The number of carbonyl (C=O) groups excluding carboxylic acids is 1. The molecule has 2 aromatic heterocycles. The van der Waals surface area contributed by atoms with Crippen LogP contribution in [0, 0.1) is 0 Å². The fourth-order valence-corrected chi connectivity index (χ4v) is 4.30. The van der Waals surface area contributed by atoms with Gasteiger partial charge in [-0.2, -0.15) is 0 Å². The van der Waals surface area contributed by atoms with Crippen LogP contribution in [0.2, 0.25) is 0 Å². The lowest BCUT2D eigenvalue weighted by molar-refractivity contribution is -0.123. The SMILES string of the molecule is O=C(N[C@H]1CCCNC1)C1CCCN1c1ncnc2sccc12. The Bertz CT molecular complexity index is 697. The van der Waals surface area contributed by atoms with E-state index in [2.05, 4.69) is 25.5 Å². The summed E-state index contributed by atoms with van der Waals surface area (Å²) in [4.78, 5) is 24.7. The van der Waals surface area contributed by atoms with Crippen LogP contribution in [0.15, 0.2) is 17.8 Å². The largest absolute Gasteiger partial charge is 0.350 e. The number of aromatic nitrogens is 2.